The van der Waals surface area contributed by atoms with Crippen molar-refractivity contribution in [2.75, 3.05) is 0 Å². The van der Waals surface area contributed by atoms with Gasteiger partial charge in [-0.3, -0.25) is 0 Å². The molecule has 0 saturated carbocycles. The number of rotatable bonds is 3. The van der Waals surface area contributed by atoms with E-state index < -0.39 is 11.2 Å². The van der Waals surface area contributed by atoms with Gasteiger partial charge >= 0.3 is 59.1 Å². The fourth-order valence-electron chi connectivity index (χ4n) is 0.380. The van der Waals surface area contributed by atoms with Crippen molar-refractivity contribution in [3.63, 3.8) is 0 Å². The zero-order chi connectivity index (χ0) is 6.57. The van der Waals surface area contributed by atoms with E-state index in [1.807, 2.05) is 6.92 Å². The molecule has 1 atom stereocenters. The molecule has 0 aliphatic carbocycles. The van der Waals surface area contributed by atoms with E-state index in [-0.39, 0.29) is 59.1 Å². The maximum absolute atomic E-state index is 9.87. The molecule has 0 bridgehead atoms. The Morgan fingerprint density at radius 1 is 1.60 bits per heavy atom. The van der Waals surface area contributed by atoms with Gasteiger partial charge in [0.1, 0.15) is 0 Å². The number of aliphatic carboxylic acids is 1. The smallest absolute Gasteiger partial charge is 0.783 e. The third-order valence-electron chi connectivity index (χ3n) is 0.814. The first-order chi connectivity index (χ1) is 3.68. The van der Waals surface area contributed by atoms with Crippen LogP contribution in [0.15, 0.2) is 0 Å². The molecule has 0 fully saturated rings. The van der Waals surface area contributed by atoms with Crippen LogP contribution < -0.4 is 64.2 Å². The van der Waals surface area contributed by atoms with E-state index >= 15 is 0 Å². The van der Waals surface area contributed by atoms with Crippen LogP contribution in [0.1, 0.15) is 19.8 Å². The Morgan fingerprint density at radius 2 is 2.00 bits per heavy atom. The van der Waals surface area contributed by atoms with Crippen LogP contribution in [0.4, 0.5) is 0 Å². The van der Waals surface area contributed by atoms with E-state index in [0.29, 0.717) is 6.42 Å². The Morgan fingerprint density at radius 3 is 2.10 bits per heavy atom. The van der Waals surface area contributed by atoms with Crippen molar-refractivity contribution in [2.24, 2.45) is 0 Å². The summed E-state index contributed by atoms with van der Waals surface area (Å²) in [6.07, 6.45) is 1.35. The second-order valence-electron chi connectivity index (χ2n) is 1.60. The van der Waals surface area contributed by atoms with Crippen molar-refractivity contribution < 1.29 is 69.0 Å². The van der Waals surface area contributed by atoms with Crippen LogP contribution in [-0.4, -0.2) is 11.2 Å². The minimum atomic E-state index is -1.12. The van der Waals surface area contributed by atoms with Gasteiger partial charge in [0, 0.05) is 5.97 Å². The Bertz CT molecular complexity index is 89.7. The first-order valence-corrected chi connectivity index (χ1v) is 3.02. The summed E-state index contributed by atoms with van der Waals surface area (Å²) in [6, 6.07) is 0. The molecular weight excluding hydrogens is 170 g/mol. The van der Waals surface area contributed by atoms with Crippen LogP contribution in [0.25, 0.3) is 0 Å². The van der Waals surface area contributed by atoms with Gasteiger partial charge in [0.15, 0.2) is 0 Å². The van der Waals surface area contributed by atoms with Crippen molar-refractivity contribution in [1.29, 1.82) is 0 Å². The molecule has 0 spiro atoms. The van der Waals surface area contributed by atoms with Gasteiger partial charge in [-0.05, 0) is 0 Å². The summed E-state index contributed by atoms with van der Waals surface area (Å²) in [5.41, 5.74) is 0. The molecular formula is C5H8Na2O2S. The van der Waals surface area contributed by atoms with Gasteiger partial charge in [-0.2, -0.15) is 0 Å². The van der Waals surface area contributed by atoms with Gasteiger partial charge in [0.05, 0.1) is 0 Å². The van der Waals surface area contributed by atoms with E-state index in [2.05, 4.69) is 12.6 Å². The maximum Gasteiger partial charge on any atom is 1.00 e. The van der Waals surface area contributed by atoms with E-state index in [1.54, 1.807) is 0 Å². The molecule has 0 aromatic carbocycles. The summed E-state index contributed by atoms with van der Waals surface area (Å²) < 4.78 is 0. The third kappa shape index (κ3) is 9.82. The number of hydrogen-bond donors (Lipinski definition) is 0. The minimum Gasteiger partial charge on any atom is -0.783 e. The monoisotopic (exact) mass is 178 g/mol. The van der Waals surface area contributed by atoms with Crippen molar-refractivity contribution in [2.45, 2.75) is 25.0 Å². The molecule has 0 aliphatic rings. The van der Waals surface area contributed by atoms with Gasteiger partial charge in [-0.15, -0.1) is 5.25 Å². The number of carbonyl (C=O) groups is 1. The Hall–Kier alpha value is 1.82. The quantitative estimate of drug-likeness (QED) is 0.319. The molecule has 2 nitrogen and oxygen atoms in total. The Balaban J connectivity index is -0.000000245. The van der Waals surface area contributed by atoms with Crippen LogP contribution in [0, 0.1) is 0 Å². The average molecular weight is 178 g/mol. The van der Waals surface area contributed by atoms with Crippen LogP contribution >= 0.6 is 0 Å². The summed E-state index contributed by atoms with van der Waals surface area (Å²) in [5, 5.41) is 9.18. The van der Waals surface area contributed by atoms with E-state index in [9.17, 15) is 9.90 Å². The number of carboxylic acid groups (broad SMARTS) is 1. The van der Waals surface area contributed by atoms with Crippen molar-refractivity contribution >= 4 is 18.6 Å². The normalized spacial score (nSPS) is 10.6. The fourth-order valence-corrected chi connectivity index (χ4v) is 0.616. The molecule has 0 rings (SSSR count). The fraction of sp³-hybridized carbons (Fsp3) is 0.800. The van der Waals surface area contributed by atoms with Gasteiger partial charge in [0.2, 0.25) is 0 Å². The van der Waals surface area contributed by atoms with Crippen molar-refractivity contribution in [3.8, 4) is 0 Å². The van der Waals surface area contributed by atoms with Crippen molar-refractivity contribution in [1.82, 2.24) is 0 Å². The van der Waals surface area contributed by atoms with Crippen LogP contribution in [0.2, 0.25) is 0 Å². The summed E-state index contributed by atoms with van der Waals surface area (Å²) in [4.78, 5) is 9.87. The predicted molar refractivity (Wildman–Crippen MR) is 31.1 cm³/mol. The molecule has 10 heavy (non-hydrogen) atoms. The molecule has 0 radical (unpaired) electrons. The van der Waals surface area contributed by atoms with E-state index in [1.165, 1.54) is 0 Å². The number of hydrogen-bond acceptors (Lipinski definition) is 3. The summed E-state index contributed by atoms with van der Waals surface area (Å²) >= 11 is 4.50. The molecule has 0 aromatic rings. The molecule has 48 valence electrons. The van der Waals surface area contributed by atoms with Crippen molar-refractivity contribution in [3.05, 3.63) is 0 Å². The zero-order valence-corrected chi connectivity index (χ0v) is 11.5. The molecule has 0 aromatic heterocycles. The molecule has 5 heteroatoms. The molecule has 0 N–H and O–H groups in total. The summed E-state index contributed by atoms with van der Waals surface area (Å²) in [6.45, 7) is 1.89. The molecule has 0 aliphatic heterocycles. The van der Waals surface area contributed by atoms with Gasteiger partial charge in [-0.25, -0.2) is 0 Å². The first kappa shape index (κ1) is 17.8. The maximum atomic E-state index is 9.87. The average Bonchev–Trinajstić information content (AvgIpc) is 1.67. The van der Waals surface area contributed by atoms with E-state index in [0.717, 1.165) is 6.42 Å². The minimum absolute atomic E-state index is 0. The van der Waals surface area contributed by atoms with Gasteiger partial charge < -0.3 is 22.5 Å². The van der Waals surface area contributed by atoms with Gasteiger partial charge in [0.25, 0.3) is 0 Å². The van der Waals surface area contributed by atoms with Crippen LogP contribution in [-0.2, 0) is 17.4 Å². The molecule has 0 unspecified atom stereocenters. The standard InChI is InChI=1S/C5H10O2S.2Na/c1-2-3-4(8)5(6)7;;/h4,8H,2-3H2,1H3,(H,6,7);;/q;2*+1/p-2/t4-;;/m1../s1. The Labute approximate surface area is 111 Å². The van der Waals surface area contributed by atoms with Gasteiger partial charge in [-0.1, -0.05) is 19.8 Å². The SMILES string of the molecule is CCC[C@@H]([S-])C(=O)[O-].[Na+].[Na+]. The summed E-state index contributed by atoms with van der Waals surface area (Å²) in [5.74, 6) is -1.12. The Kier molecular flexibility index (Phi) is 19.2. The topological polar surface area (TPSA) is 40.1 Å². The first-order valence-electron chi connectivity index (χ1n) is 2.55. The van der Waals surface area contributed by atoms with Crippen LogP contribution in [0.3, 0.4) is 0 Å². The zero-order valence-electron chi connectivity index (χ0n) is 6.72. The second-order valence-corrected chi connectivity index (χ2v) is 2.17. The van der Waals surface area contributed by atoms with Crippen LogP contribution in [0.5, 0.6) is 0 Å². The van der Waals surface area contributed by atoms with E-state index in [4.69, 9.17) is 0 Å². The number of carboxylic acids is 1. The number of carbonyl (C=O) groups excluding carboxylic acids is 1. The molecule has 0 amide bonds. The predicted octanol–water partition coefficient (Wildman–Crippen LogP) is -6.54. The molecule has 0 saturated heterocycles. The third-order valence-corrected chi connectivity index (χ3v) is 1.24. The second kappa shape index (κ2) is 10.8. The molecule has 0 heterocycles. The largest absolute Gasteiger partial charge is 1.00 e. The summed E-state index contributed by atoms with van der Waals surface area (Å²) in [7, 11) is 0.